The highest BCUT2D eigenvalue weighted by molar-refractivity contribution is 5.33. The fraction of sp³-hybridized carbons (Fsp3) is 0.538. The molecule has 1 heterocycles. The van der Waals surface area contributed by atoms with Crippen molar-refractivity contribution in [1.29, 1.82) is 0 Å². The topological polar surface area (TPSA) is 32.7 Å². The number of hydrogen-bond acceptors (Lipinski definition) is 3. The Hall–Kier alpha value is -1.06. The fourth-order valence-corrected chi connectivity index (χ4v) is 2.36. The van der Waals surface area contributed by atoms with E-state index >= 15 is 0 Å². The molecule has 0 spiro atoms. The van der Waals surface area contributed by atoms with E-state index in [-0.39, 0.29) is 6.61 Å². The molecule has 0 saturated carbocycles. The number of hydrogen-bond donors (Lipinski definition) is 1. The molecule has 0 bridgehead atoms. The summed E-state index contributed by atoms with van der Waals surface area (Å²) in [4.78, 5) is 2.33. The summed E-state index contributed by atoms with van der Waals surface area (Å²) in [5.74, 6) is 0.936. The van der Waals surface area contributed by atoms with Crippen LogP contribution in [0.5, 0.6) is 5.75 Å². The molecule has 0 amide bonds. The Kier molecular flexibility index (Phi) is 3.80. The van der Waals surface area contributed by atoms with Gasteiger partial charge in [-0.15, -0.1) is 0 Å². The third-order valence-corrected chi connectivity index (χ3v) is 3.28. The van der Waals surface area contributed by atoms with Crippen LogP contribution >= 0.6 is 0 Å². The van der Waals surface area contributed by atoms with Gasteiger partial charge in [-0.05, 0) is 25.5 Å². The van der Waals surface area contributed by atoms with E-state index in [2.05, 4.69) is 11.0 Å². The average Bonchev–Trinajstić information content (AvgIpc) is 2.77. The maximum atomic E-state index is 9.27. The molecular formula is C13H19NO2. The number of aliphatic hydroxyl groups is 1. The van der Waals surface area contributed by atoms with Crippen LogP contribution in [-0.4, -0.2) is 36.3 Å². The predicted octanol–water partition coefficient (Wildman–Crippen LogP) is 1.65. The minimum Gasteiger partial charge on any atom is -0.496 e. The van der Waals surface area contributed by atoms with Gasteiger partial charge in [0.2, 0.25) is 0 Å². The lowest BCUT2D eigenvalue weighted by Crippen LogP contribution is -2.31. The molecule has 3 nitrogen and oxygen atoms in total. The Morgan fingerprint density at radius 3 is 3.00 bits per heavy atom. The molecule has 1 N–H and O–H groups in total. The highest BCUT2D eigenvalue weighted by atomic mass is 16.5. The van der Waals surface area contributed by atoms with Crippen LogP contribution in [0.3, 0.4) is 0 Å². The van der Waals surface area contributed by atoms with Crippen LogP contribution in [0.25, 0.3) is 0 Å². The van der Waals surface area contributed by atoms with Gasteiger partial charge in [0, 0.05) is 18.2 Å². The number of para-hydroxylation sites is 1. The minimum absolute atomic E-state index is 0.259. The Labute approximate surface area is 96.6 Å². The highest BCUT2D eigenvalue weighted by Gasteiger charge is 2.24. The number of benzene rings is 1. The zero-order valence-corrected chi connectivity index (χ0v) is 9.72. The molecule has 1 aliphatic rings. The summed E-state index contributed by atoms with van der Waals surface area (Å²) in [7, 11) is 1.70. The van der Waals surface area contributed by atoms with Crippen molar-refractivity contribution in [1.82, 2.24) is 4.90 Å². The number of ether oxygens (including phenoxy) is 1. The van der Waals surface area contributed by atoms with Crippen molar-refractivity contribution < 1.29 is 9.84 Å². The molecule has 2 rings (SSSR count). The summed E-state index contributed by atoms with van der Waals surface area (Å²) in [5.41, 5.74) is 1.20. The Balaban J connectivity index is 2.08. The maximum Gasteiger partial charge on any atom is 0.123 e. The molecule has 1 fully saturated rings. The lowest BCUT2D eigenvalue weighted by molar-refractivity contribution is 0.152. The van der Waals surface area contributed by atoms with Crippen LogP contribution in [0.4, 0.5) is 0 Å². The van der Waals surface area contributed by atoms with Gasteiger partial charge in [-0.3, -0.25) is 4.90 Å². The predicted molar refractivity (Wildman–Crippen MR) is 63.5 cm³/mol. The zero-order chi connectivity index (χ0) is 11.4. The van der Waals surface area contributed by atoms with Gasteiger partial charge in [-0.1, -0.05) is 18.2 Å². The van der Waals surface area contributed by atoms with Crippen LogP contribution in [0, 0.1) is 0 Å². The Bertz CT molecular complexity index is 340. The minimum atomic E-state index is 0.259. The smallest absolute Gasteiger partial charge is 0.123 e. The lowest BCUT2D eigenvalue weighted by Gasteiger charge is -2.23. The molecule has 1 atom stereocenters. The van der Waals surface area contributed by atoms with Crippen molar-refractivity contribution in [2.45, 2.75) is 25.4 Å². The molecule has 1 aromatic rings. The van der Waals surface area contributed by atoms with Gasteiger partial charge in [0.25, 0.3) is 0 Å². The van der Waals surface area contributed by atoms with E-state index in [1.54, 1.807) is 7.11 Å². The van der Waals surface area contributed by atoms with Crippen molar-refractivity contribution in [3.8, 4) is 5.75 Å². The Morgan fingerprint density at radius 1 is 1.44 bits per heavy atom. The van der Waals surface area contributed by atoms with Crippen LogP contribution in [0.15, 0.2) is 24.3 Å². The first-order valence-corrected chi connectivity index (χ1v) is 5.82. The van der Waals surface area contributed by atoms with Crippen molar-refractivity contribution in [3.63, 3.8) is 0 Å². The normalized spacial score (nSPS) is 21.2. The average molecular weight is 221 g/mol. The standard InChI is InChI=1S/C13H19NO2/c1-16-13-7-3-2-5-11(13)9-14-8-4-6-12(14)10-15/h2-3,5,7,12,15H,4,6,8-10H2,1H3/t12-/m0/s1. The molecule has 1 saturated heterocycles. The first kappa shape index (κ1) is 11.4. The second kappa shape index (κ2) is 5.32. The third kappa shape index (κ3) is 2.36. The summed E-state index contributed by atoms with van der Waals surface area (Å²) in [6.45, 7) is 2.20. The molecule has 88 valence electrons. The van der Waals surface area contributed by atoms with E-state index in [1.165, 1.54) is 12.0 Å². The molecule has 1 aliphatic heterocycles. The first-order chi connectivity index (χ1) is 7.85. The van der Waals surface area contributed by atoms with E-state index in [1.807, 2.05) is 18.2 Å². The van der Waals surface area contributed by atoms with Gasteiger partial charge < -0.3 is 9.84 Å². The second-order valence-electron chi connectivity index (χ2n) is 4.26. The molecule has 0 aromatic heterocycles. The van der Waals surface area contributed by atoms with Crippen LogP contribution < -0.4 is 4.74 Å². The summed E-state index contributed by atoms with van der Waals surface area (Å²) < 4.78 is 5.34. The number of aliphatic hydroxyl groups excluding tert-OH is 1. The lowest BCUT2D eigenvalue weighted by atomic mass is 10.1. The van der Waals surface area contributed by atoms with Gasteiger partial charge in [0.15, 0.2) is 0 Å². The van der Waals surface area contributed by atoms with Gasteiger partial charge >= 0.3 is 0 Å². The van der Waals surface area contributed by atoms with E-state index in [9.17, 15) is 5.11 Å². The summed E-state index contributed by atoms with van der Waals surface area (Å²) in [6, 6.07) is 8.41. The number of methoxy groups -OCH3 is 1. The number of rotatable bonds is 4. The van der Waals surface area contributed by atoms with E-state index < -0.39 is 0 Å². The van der Waals surface area contributed by atoms with Gasteiger partial charge in [-0.25, -0.2) is 0 Å². The molecule has 3 heteroatoms. The summed E-state index contributed by atoms with van der Waals surface area (Å²) in [5, 5.41) is 9.27. The zero-order valence-electron chi connectivity index (χ0n) is 9.72. The van der Waals surface area contributed by atoms with Crippen LogP contribution in [0.2, 0.25) is 0 Å². The third-order valence-electron chi connectivity index (χ3n) is 3.28. The largest absolute Gasteiger partial charge is 0.496 e. The maximum absolute atomic E-state index is 9.27. The van der Waals surface area contributed by atoms with Crippen molar-refractivity contribution in [3.05, 3.63) is 29.8 Å². The summed E-state index contributed by atoms with van der Waals surface area (Å²) in [6.07, 6.45) is 2.28. The molecule has 0 radical (unpaired) electrons. The molecule has 1 aromatic carbocycles. The van der Waals surface area contributed by atoms with Gasteiger partial charge in [-0.2, -0.15) is 0 Å². The fourth-order valence-electron chi connectivity index (χ4n) is 2.36. The highest BCUT2D eigenvalue weighted by Crippen LogP contribution is 2.24. The first-order valence-electron chi connectivity index (χ1n) is 5.82. The quantitative estimate of drug-likeness (QED) is 0.839. The van der Waals surface area contributed by atoms with Crippen LogP contribution in [0.1, 0.15) is 18.4 Å². The van der Waals surface area contributed by atoms with E-state index in [0.29, 0.717) is 6.04 Å². The Morgan fingerprint density at radius 2 is 2.25 bits per heavy atom. The van der Waals surface area contributed by atoms with Crippen LogP contribution in [-0.2, 0) is 6.54 Å². The SMILES string of the molecule is COc1ccccc1CN1CCC[C@H]1CO. The number of nitrogens with zero attached hydrogens (tertiary/aromatic N) is 1. The van der Waals surface area contributed by atoms with Crippen molar-refractivity contribution >= 4 is 0 Å². The van der Waals surface area contributed by atoms with Crippen molar-refractivity contribution in [2.75, 3.05) is 20.3 Å². The second-order valence-corrected chi connectivity index (χ2v) is 4.26. The monoisotopic (exact) mass is 221 g/mol. The van der Waals surface area contributed by atoms with E-state index in [4.69, 9.17) is 4.74 Å². The molecule has 0 unspecified atom stereocenters. The molecule has 16 heavy (non-hydrogen) atoms. The molecule has 0 aliphatic carbocycles. The summed E-state index contributed by atoms with van der Waals surface area (Å²) >= 11 is 0. The van der Waals surface area contributed by atoms with Gasteiger partial charge in [0.1, 0.15) is 5.75 Å². The van der Waals surface area contributed by atoms with Gasteiger partial charge in [0.05, 0.1) is 13.7 Å². The van der Waals surface area contributed by atoms with E-state index in [0.717, 1.165) is 25.3 Å². The molecular weight excluding hydrogens is 202 g/mol. The number of likely N-dealkylation sites (tertiary alicyclic amines) is 1. The van der Waals surface area contributed by atoms with Crippen molar-refractivity contribution in [2.24, 2.45) is 0 Å².